The molecule has 0 N–H and O–H groups in total. The molecule has 2 fully saturated rings. The largest absolute Gasteiger partial charge is 0.228 e. The Morgan fingerprint density at radius 2 is 1.79 bits per heavy atom. The van der Waals surface area contributed by atoms with Gasteiger partial charge in [-0.1, -0.05) is 11.5 Å². The smallest absolute Gasteiger partial charge is 0.156 e. The van der Waals surface area contributed by atoms with Crippen molar-refractivity contribution in [2.75, 3.05) is 0 Å². The second-order valence-electron chi connectivity index (χ2n) is 4.09. The predicted molar refractivity (Wildman–Crippen MR) is 52.5 cm³/mol. The van der Waals surface area contributed by atoms with Gasteiger partial charge in [-0.2, -0.15) is 0 Å². The molecule has 0 radical (unpaired) electrons. The molecule has 0 saturated carbocycles. The topological polar surface area (TPSA) is 82.9 Å². The summed E-state index contributed by atoms with van der Waals surface area (Å²) in [6.45, 7) is 0. The van der Waals surface area contributed by atoms with E-state index in [2.05, 4.69) is 10.0 Å². The maximum absolute atomic E-state index is 11.8. The molecular weight excluding hydrogens is 202 g/mol. The van der Waals surface area contributed by atoms with E-state index in [1.54, 1.807) is 0 Å². The molecule has 6 heteroatoms. The molecule has 78 valence electrons. The zero-order chi connectivity index (χ0) is 10.2. The van der Waals surface area contributed by atoms with Crippen molar-refractivity contribution in [1.82, 2.24) is 0 Å². The summed E-state index contributed by atoms with van der Waals surface area (Å²) in [6, 6.07) is -0.0983. The van der Waals surface area contributed by atoms with Gasteiger partial charge in [0.25, 0.3) is 0 Å². The van der Waals surface area contributed by atoms with Gasteiger partial charge in [-0.25, -0.2) is 8.42 Å². The van der Waals surface area contributed by atoms with Crippen molar-refractivity contribution in [2.45, 2.75) is 48.6 Å². The lowest BCUT2D eigenvalue weighted by Gasteiger charge is -2.36. The van der Waals surface area contributed by atoms with E-state index < -0.39 is 9.84 Å². The third-order valence-corrected chi connectivity index (χ3v) is 5.98. The summed E-state index contributed by atoms with van der Waals surface area (Å²) in [5.41, 5.74) is 8.32. The first-order valence-electron chi connectivity index (χ1n) is 4.91. The van der Waals surface area contributed by atoms with Crippen LogP contribution >= 0.6 is 0 Å². The summed E-state index contributed by atoms with van der Waals surface area (Å²) >= 11 is 0. The van der Waals surface area contributed by atoms with Gasteiger partial charge in [0.15, 0.2) is 9.84 Å². The van der Waals surface area contributed by atoms with Gasteiger partial charge in [-0.15, -0.1) is 0 Å². The van der Waals surface area contributed by atoms with Crippen LogP contribution in [0, 0.1) is 0 Å². The van der Waals surface area contributed by atoms with Crippen molar-refractivity contribution >= 4 is 9.84 Å². The highest BCUT2D eigenvalue weighted by Gasteiger charge is 2.43. The van der Waals surface area contributed by atoms with Crippen LogP contribution in [0.25, 0.3) is 10.4 Å². The first-order chi connectivity index (χ1) is 6.64. The molecule has 2 aliphatic rings. The Morgan fingerprint density at radius 1 is 1.21 bits per heavy atom. The maximum atomic E-state index is 11.8. The summed E-state index contributed by atoms with van der Waals surface area (Å²) in [5, 5.41) is 3.16. The molecule has 14 heavy (non-hydrogen) atoms. The predicted octanol–water partition coefficient (Wildman–Crippen LogP) is 1.79. The summed E-state index contributed by atoms with van der Waals surface area (Å²) < 4.78 is 23.6. The molecular formula is C8H13N3O2S. The summed E-state index contributed by atoms with van der Waals surface area (Å²) in [4.78, 5) is 2.76. The molecule has 2 atom stereocenters. The fourth-order valence-corrected chi connectivity index (χ4v) is 5.06. The van der Waals surface area contributed by atoms with E-state index >= 15 is 0 Å². The molecule has 0 aliphatic carbocycles. The minimum absolute atomic E-state index is 0.0983. The zero-order valence-corrected chi connectivity index (χ0v) is 8.65. The van der Waals surface area contributed by atoms with E-state index in [4.69, 9.17) is 5.53 Å². The van der Waals surface area contributed by atoms with Crippen LogP contribution in [0.15, 0.2) is 5.11 Å². The van der Waals surface area contributed by atoms with Crippen molar-refractivity contribution in [1.29, 1.82) is 0 Å². The Bertz CT molecular complexity index is 352. The molecule has 2 saturated heterocycles. The van der Waals surface area contributed by atoms with Crippen molar-refractivity contribution < 1.29 is 8.42 Å². The van der Waals surface area contributed by atoms with Gasteiger partial charge in [-0.05, 0) is 31.2 Å². The highest BCUT2D eigenvalue weighted by Crippen LogP contribution is 2.37. The Labute approximate surface area is 83.0 Å². The first-order valence-corrected chi connectivity index (χ1v) is 6.52. The Morgan fingerprint density at radius 3 is 2.29 bits per heavy atom. The molecule has 5 nitrogen and oxygen atoms in total. The van der Waals surface area contributed by atoms with E-state index in [-0.39, 0.29) is 16.5 Å². The van der Waals surface area contributed by atoms with Crippen molar-refractivity contribution in [3.8, 4) is 0 Å². The van der Waals surface area contributed by atoms with Gasteiger partial charge in [0.2, 0.25) is 0 Å². The minimum atomic E-state index is -2.90. The molecule has 2 unspecified atom stereocenters. The van der Waals surface area contributed by atoms with Crippen LogP contribution in [0.4, 0.5) is 0 Å². The average molecular weight is 215 g/mol. The number of sulfone groups is 1. The van der Waals surface area contributed by atoms with Crippen molar-refractivity contribution in [3.05, 3.63) is 10.4 Å². The van der Waals surface area contributed by atoms with Crippen LogP contribution in [0.3, 0.4) is 0 Å². The molecule has 2 rings (SSSR count). The van der Waals surface area contributed by atoms with E-state index in [0.29, 0.717) is 12.8 Å². The van der Waals surface area contributed by atoms with Crippen LogP contribution in [0.5, 0.6) is 0 Å². The first kappa shape index (κ1) is 9.80. The second-order valence-corrected chi connectivity index (χ2v) is 6.61. The van der Waals surface area contributed by atoms with Crippen LogP contribution in [0.2, 0.25) is 0 Å². The monoisotopic (exact) mass is 215 g/mol. The third kappa shape index (κ3) is 1.48. The zero-order valence-electron chi connectivity index (χ0n) is 7.83. The fourth-order valence-electron chi connectivity index (χ4n) is 2.55. The lowest BCUT2D eigenvalue weighted by Crippen LogP contribution is -2.44. The van der Waals surface area contributed by atoms with Crippen LogP contribution in [-0.2, 0) is 9.84 Å². The van der Waals surface area contributed by atoms with E-state index in [0.717, 1.165) is 19.3 Å². The Hall–Kier alpha value is -0.740. The Balaban J connectivity index is 2.25. The van der Waals surface area contributed by atoms with Gasteiger partial charge < -0.3 is 0 Å². The summed E-state index contributed by atoms with van der Waals surface area (Å²) in [7, 11) is -2.90. The van der Waals surface area contributed by atoms with Gasteiger partial charge in [0.05, 0.1) is 10.5 Å². The average Bonchev–Trinajstić information content (AvgIpc) is 2.06. The number of azide groups is 1. The fraction of sp³-hybridized carbons (Fsp3) is 1.00. The third-order valence-electron chi connectivity index (χ3n) is 3.27. The van der Waals surface area contributed by atoms with Crippen LogP contribution in [0.1, 0.15) is 32.1 Å². The standard InChI is InChI=1S/C8H13N3O2S/c9-11-10-6-4-7-2-1-3-8(5-6)14(7,12)13/h6-8H,1-5H2. The summed E-state index contributed by atoms with van der Waals surface area (Å²) in [6.07, 6.45) is 3.55. The maximum Gasteiger partial charge on any atom is 0.156 e. The van der Waals surface area contributed by atoms with E-state index in [9.17, 15) is 8.42 Å². The number of rotatable bonds is 1. The van der Waals surface area contributed by atoms with Gasteiger partial charge >= 0.3 is 0 Å². The molecule has 2 aliphatic heterocycles. The molecule has 2 heterocycles. The van der Waals surface area contributed by atoms with Crippen molar-refractivity contribution in [2.24, 2.45) is 5.11 Å². The van der Waals surface area contributed by atoms with Crippen molar-refractivity contribution in [3.63, 3.8) is 0 Å². The molecule has 0 aromatic heterocycles. The van der Waals surface area contributed by atoms with Crippen LogP contribution < -0.4 is 0 Å². The molecule has 0 aromatic rings. The molecule has 0 spiro atoms. The van der Waals surface area contributed by atoms with Gasteiger partial charge in [0, 0.05) is 11.0 Å². The number of nitrogens with zero attached hydrogens (tertiary/aromatic N) is 3. The number of hydrogen-bond donors (Lipinski definition) is 0. The van der Waals surface area contributed by atoms with Gasteiger partial charge in [0.1, 0.15) is 0 Å². The minimum Gasteiger partial charge on any atom is -0.228 e. The summed E-state index contributed by atoms with van der Waals surface area (Å²) in [5.74, 6) is 0. The highest BCUT2D eigenvalue weighted by molar-refractivity contribution is 7.92. The number of hydrogen-bond acceptors (Lipinski definition) is 3. The lowest BCUT2D eigenvalue weighted by atomic mass is 9.95. The second kappa shape index (κ2) is 3.44. The quantitative estimate of drug-likeness (QED) is 0.379. The van der Waals surface area contributed by atoms with E-state index in [1.165, 1.54) is 0 Å². The SMILES string of the molecule is [N-]=[N+]=NC1CC2CCCC(C1)S2(=O)=O. The van der Waals surface area contributed by atoms with Crippen LogP contribution in [-0.4, -0.2) is 25.0 Å². The van der Waals surface area contributed by atoms with Gasteiger partial charge in [-0.3, -0.25) is 0 Å². The molecule has 2 bridgehead atoms. The molecule has 0 aromatic carbocycles. The Kier molecular flexibility index (Phi) is 2.41. The number of fused-ring (bicyclic) bond motifs is 2. The lowest BCUT2D eigenvalue weighted by molar-refractivity contribution is 0.398. The molecule has 0 amide bonds. The van der Waals surface area contributed by atoms with E-state index in [1.807, 2.05) is 0 Å². The highest BCUT2D eigenvalue weighted by atomic mass is 32.2. The normalized spacial score (nSPS) is 39.9.